The maximum Gasteiger partial charge on any atom is 0.214 e. The number of thioether (sulfide) groups is 1. The first-order valence-corrected chi connectivity index (χ1v) is 11.5. The van der Waals surface area contributed by atoms with Crippen LogP contribution in [0.2, 0.25) is 0 Å². The molecule has 1 aliphatic heterocycles. The number of hydrogen-bond donors (Lipinski definition) is 0. The Hall–Kier alpha value is -2.65. The monoisotopic (exact) mass is 441 g/mol. The minimum atomic E-state index is 0.0596. The summed E-state index contributed by atoms with van der Waals surface area (Å²) in [5, 5.41) is 12.6. The number of carbonyl (C=O) groups excluding carboxylic acids is 1. The van der Waals surface area contributed by atoms with Crippen LogP contribution in [-0.4, -0.2) is 55.6 Å². The van der Waals surface area contributed by atoms with Gasteiger partial charge in [-0.3, -0.25) is 4.79 Å². The SMILES string of the molecule is CCOc1ccccc1-n1nnnc1SCC(=O)c1cc(C)n(C[C@@H]2CCCO2)c1C. The van der Waals surface area contributed by atoms with Gasteiger partial charge in [-0.05, 0) is 62.2 Å². The van der Waals surface area contributed by atoms with Crippen LogP contribution >= 0.6 is 11.8 Å². The topological polar surface area (TPSA) is 84.1 Å². The van der Waals surface area contributed by atoms with Crippen LogP contribution in [-0.2, 0) is 11.3 Å². The molecule has 4 rings (SSSR count). The van der Waals surface area contributed by atoms with E-state index in [1.54, 1.807) is 4.68 Å². The molecule has 0 bridgehead atoms. The Kier molecular flexibility index (Phi) is 6.72. The summed E-state index contributed by atoms with van der Waals surface area (Å²) in [6, 6.07) is 9.55. The van der Waals surface area contributed by atoms with Crippen LogP contribution in [0.4, 0.5) is 0 Å². The number of para-hydroxylation sites is 2. The van der Waals surface area contributed by atoms with Crippen molar-refractivity contribution >= 4 is 17.5 Å². The Labute approximate surface area is 185 Å². The van der Waals surface area contributed by atoms with Gasteiger partial charge in [-0.25, -0.2) is 0 Å². The van der Waals surface area contributed by atoms with Gasteiger partial charge in [-0.2, -0.15) is 4.68 Å². The van der Waals surface area contributed by atoms with Crippen LogP contribution in [0, 0.1) is 13.8 Å². The molecule has 3 aromatic rings. The fourth-order valence-corrected chi connectivity index (χ4v) is 4.66. The molecule has 0 amide bonds. The minimum Gasteiger partial charge on any atom is -0.492 e. The van der Waals surface area contributed by atoms with Crippen molar-refractivity contribution in [3.05, 3.63) is 47.3 Å². The lowest BCUT2D eigenvalue weighted by atomic mass is 10.2. The van der Waals surface area contributed by atoms with Gasteiger partial charge in [0.15, 0.2) is 5.78 Å². The molecule has 164 valence electrons. The third kappa shape index (κ3) is 4.67. The van der Waals surface area contributed by atoms with Gasteiger partial charge in [0.2, 0.25) is 5.16 Å². The van der Waals surface area contributed by atoms with Crippen molar-refractivity contribution in [2.45, 2.75) is 51.4 Å². The second-order valence-corrected chi connectivity index (χ2v) is 8.46. The molecule has 31 heavy (non-hydrogen) atoms. The van der Waals surface area contributed by atoms with Crippen LogP contribution in [0.25, 0.3) is 5.69 Å². The van der Waals surface area contributed by atoms with Gasteiger partial charge >= 0.3 is 0 Å². The zero-order valence-corrected chi connectivity index (χ0v) is 18.9. The molecule has 0 radical (unpaired) electrons. The van der Waals surface area contributed by atoms with Crippen LogP contribution in [0.3, 0.4) is 0 Å². The highest BCUT2D eigenvalue weighted by atomic mass is 32.2. The number of hydrogen-bond acceptors (Lipinski definition) is 7. The molecule has 9 heteroatoms. The van der Waals surface area contributed by atoms with E-state index in [4.69, 9.17) is 9.47 Å². The lowest BCUT2D eigenvalue weighted by Crippen LogP contribution is -2.17. The number of ether oxygens (including phenoxy) is 2. The molecule has 1 saturated heterocycles. The van der Waals surface area contributed by atoms with E-state index >= 15 is 0 Å². The van der Waals surface area contributed by atoms with Crippen molar-refractivity contribution < 1.29 is 14.3 Å². The molecule has 1 aliphatic rings. The lowest BCUT2D eigenvalue weighted by Gasteiger charge is -2.14. The quantitative estimate of drug-likeness (QED) is 0.370. The number of Topliss-reactive ketones (excluding diaryl/α,β-unsaturated/α-hetero) is 1. The van der Waals surface area contributed by atoms with Crippen molar-refractivity contribution in [2.24, 2.45) is 0 Å². The van der Waals surface area contributed by atoms with Crippen molar-refractivity contribution in [1.29, 1.82) is 0 Å². The summed E-state index contributed by atoms with van der Waals surface area (Å²) in [7, 11) is 0. The molecule has 3 heterocycles. The van der Waals surface area contributed by atoms with E-state index in [0.717, 1.165) is 48.6 Å². The summed E-state index contributed by atoms with van der Waals surface area (Å²) < 4.78 is 15.3. The van der Waals surface area contributed by atoms with Gasteiger partial charge in [0.05, 0.1) is 18.5 Å². The third-order valence-electron chi connectivity index (χ3n) is 5.45. The Morgan fingerprint density at radius 2 is 2.16 bits per heavy atom. The lowest BCUT2D eigenvalue weighted by molar-refractivity contribution is 0.0957. The molecule has 0 unspecified atom stereocenters. The Morgan fingerprint density at radius 1 is 1.32 bits per heavy atom. The highest BCUT2D eigenvalue weighted by molar-refractivity contribution is 7.99. The van der Waals surface area contributed by atoms with Crippen LogP contribution in [0.15, 0.2) is 35.5 Å². The van der Waals surface area contributed by atoms with E-state index in [0.29, 0.717) is 17.5 Å². The van der Waals surface area contributed by atoms with E-state index in [9.17, 15) is 4.79 Å². The summed E-state index contributed by atoms with van der Waals surface area (Å²) in [4.78, 5) is 13.0. The molecule has 1 fully saturated rings. The summed E-state index contributed by atoms with van der Waals surface area (Å²) >= 11 is 1.32. The molecule has 2 aromatic heterocycles. The summed E-state index contributed by atoms with van der Waals surface area (Å²) in [5.74, 6) is 1.01. The number of nitrogens with zero attached hydrogens (tertiary/aromatic N) is 5. The number of benzene rings is 1. The predicted octanol–water partition coefficient (Wildman–Crippen LogP) is 3.63. The first kappa shape index (κ1) is 21.6. The maximum atomic E-state index is 13.0. The molecule has 8 nitrogen and oxygen atoms in total. The zero-order valence-electron chi connectivity index (χ0n) is 18.1. The number of tetrazole rings is 1. The van der Waals surface area contributed by atoms with Crippen LogP contribution < -0.4 is 4.74 Å². The summed E-state index contributed by atoms with van der Waals surface area (Å²) in [6.07, 6.45) is 2.41. The minimum absolute atomic E-state index is 0.0596. The number of carbonyl (C=O) groups is 1. The highest BCUT2D eigenvalue weighted by Crippen LogP contribution is 2.27. The number of aryl methyl sites for hydroxylation is 1. The van der Waals surface area contributed by atoms with Gasteiger partial charge in [-0.15, -0.1) is 5.10 Å². The normalized spacial score (nSPS) is 16.0. The fraction of sp³-hybridized carbons (Fsp3) is 0.455. The number of aromatic nitrogens is 5. The summed E-state index contributed by atoms with van der Waals surface area (Å²) in [5.41, 5.74) is 3.56. The van der Waals surface area contributed by atoms with Gasteiger partial charge < -0.3 is 14.0 Å². The van der Waals surface area contributed by atoms with Crippen LogP contribution in [0.1, 0.15) is 41.5 Å². The standard InChI is InChI=1S/C22H27N5O3S/c1-4-29-21-10-6-5-9-19(21)27-22(23-24-25-27)31-14-20(28)18-12-15(2)26(16(18)3)13-17-8-7-11-30-17/h5-6,9-10,12,17H,4,7-8,11,13-14H2,1-3H3/t17-/m0/s1. The number of ketones is 1. The molecule has 1 atom stereocenters. The Morgan fingerprint density at radius 3 is 2.94 bits per heavy atom. The van der Waals surface area contributed by atoms with Crippen molar-refractivity contribution in [3.63, 3.8) is 0 Å². The molecule has 0 aliphatic carbocycles. The molecule has 1 aromatic carbocycles. The predicted molar refractivity (Wildman–Crippen MR) is 118 cm³/mol. The molecule has 0 spiro atoms. The van der Waals surface area contributed by atoms with E-state index in [1.807, 2.05) is 51.1 Å². The van der Waals surface area contributed by atoms with Gasteiger partial charge in [0.25, 0.3) is 0 Å². The van der Waals surface area contributed by atoms with Crippen LogP contribution in [0.5, 0.6) is 5.75 Å². The third-order valence-corrected chi connectivity index (χ3v) is 6.37. The summed E-state index contributed by atoms with van der Waals surface area (Å²) in [6.45, 7) is 8.14. The average Bonchev–Trinajstić information content (AvgIpc) is 3.51. The second-order valence-electron chi connectivity index (χ2n) is 7.52. The van der Waals surface area contributed by atoms with Crippen molar-refractivity contribution in [1.82, 2.24) is 24.8 Å². The van der Waals surface area contributed by atoms with E-state index in [-0.39, 0.29) is 17.6 Å². The largest absolute Gasteiger partial charge is 0.492 e. The maximum absolute atomic E-state index is 13.0. The first-order chi connectivity index (χ1) is 15.1. The number of rotatable bonds is 9. The Bertz CT molecular complexity index is 1060. The van der Waals surface area contributed by atoms with Gasteiger partial charge in [-0.1, -0.05) is 23.9 Å². The van der Waals surface area contributed by atoms with Gasteiger partial charge in [0, 0.05) is 30.1 Å². The fourth-order valence-electron chi connectivity index (χ4n) is 3.89. The first-order valence-electron chi connectivity index (χ1n) is 10.5. The van der Waals surface area contributed by atoms with E-state index in [1.165, 1.54) is 11.8 Å². The van der Waals surface area contributed by atoms with Crippen molar-refractivity contribution in [2.75, 3.05) is 19.0 Å². The van der Waals surface area contributed by atoms with E-state index in [2.05, 4.69) is 20.1 Å². The molecule has 0 saturated carbocycles. The Balaban J connectivity index is 1.48. The average molecular weight is 442 g/mol. The van der Waals surface area contributed by atoms with Gasteiger partial charge in [0.1, 0.15) is 11.4 Å². The molecular formula is C22H27N5O3S. The van der Waals surface area contributed by atoms with E-state index < -0.39 is 0 Å². The smallest absolute Gasteiger partial charge is 0.214 e. The second kappa shape index (κ2) is 9.65. The molecular weight excluding hydrogens is 414 g/mol. The molecule has 0 N–H and O–H groups in total. The highest BCUT2D eigenvalue weighted by Gasteiger charge is 2.22. The van der Waals surface area contributed by atoms with Crippen molar-refractivity contribution in [3.8, 4) is 11.4 Å². The zero-order chi connectivity index (χ0) is 21.8.